The summed E-state index contributed by atoms with van der Waals surface area (Å²) in [5, 5.41) is 3.21. The van der Waals surface area contributed by atoms with Crippen LogP contribution in [-0.4, -0.2) is 28.7 Å². The minimum atomic E-state index is -0.780. The molecule has 2 aromatic rings. The van der Waals surface area contributed by atoms with Crippen LogP contribution in [0.15, 0.2) is 36.7 Å². The summed E-state index contributed by atoms with van der Waals surface area (Å²) >= 11 is 0. The summed E-state index contributed by atoms with van der Waals surface area (Å²) in [6.07, 6.45) is 1.49. The Labute approximate surface area is 127 Å². The molecule has 0 aliphatic carbocycles. The minimum Gasteiger partial charge on any atom is -0.448 e. The van der Waals surface area contributed by atoms with Crippen molar-refractivity contribution in [2.45, 2.75) is 19.5 Å². The van der Waals surface area contributed by atoms with E-state index >= 15 is 0 Å². The predicted octanol–water partition coefficient (Wildman–Crippen LogP) is 1.86. The first-order valence-electron chi connectivity index (χ1n) is 6.77. The molecule has 0 saturated carbocycles. The molecule has 1 amide bonds. The number of aromatic nitrogens is 2. The van der Waals surface area contributed by atoms with E-state index in [0.29, 0.717) is 12.4 Å². The number of rotatable bonds is 6. The van der Waals surface area contributed by atoms with Crippen LogP contribution in [0.5, 0.6) is 0 Å². The Morgan fingerprint density at radius 3 is 2.55 bits per heavy atom. The van der Waals surface area contributed by atoms with E-state index in [-0.39, 0.29) is 12.6 Å². The van der Waals surface area contributed by atoms with Gasteiger partial charge in [-0.05, 0) is 12.5 Å². The maximum Gasteiger partial charge on any atom is 0.404 e. The average molecular weight is 304 g/mol. The van der Waals surface area contributed by atoms with E-state index in [1.54, 1.807) is 0 Å². The summed E-state index contributed by atoms with van der Waals surface area (Å²) in [5.74, 6) is 0.0147. The maximum atomic E-state index is 12.8. The zero-order valence-electron chi connectivity index (χ0n) is 12.1. The van der Waals surface area contributed by atoms with Crippen molar-refractivity contribution < 1.29 is 13.9 Å². The first-order valence-corrected chi connectivity index (χ1v) is 6.77. The highest BCUT2D eigenvalue weighted by Gasteiger charge is 2.05. The summed E-state index contributed by atoms with van der Waals surface area (Å²) in [5.41, 5.74) is 6.77. The molecule has 0 bridgehead atoms. The van der Waals surface area contributed by atoms with Crippen LogP contribution in [0.25, 0.3) is 11.4 Å². The normalized spacial score (nSPS) is 11.9. The molecule has 0 aliphatic heterocycles. The fourth-order valence-electron chi connectivity index (χ4n) is 1.79. The second kappa shape index (κ2) is 7.46. The first kappa shape index (κ1) is 15.8. The van der Waals surface area contributed by atoms with E-state index in [2.05, 4.69) is 15.3 Å². The lowest BCUT2D eigenvalue weighted by Crippen LogP contribution is -2.32. The van der Waals surface area contributed by atoms with Gasteiger partial charge in [0.05, 0.1) is 12.4 Å². The first-order chi connectivity index (χ1) is 10.5. The molecule has 0 fully saturated rings. The van der Waals surface area contributed by atoms with Crippen molar-refractivity contribution in [1.82, 2.24) is 15.3 Å². The number of ether oxygens (including phenoxy) is 1. The van der Waals surface area contributed by atoms with Gasteiger partial charge in [0.2, 0.25) is 0 Å². The van der Waals surface area contributed by atoms with Gasteiger partial charge in [0.15, 0.2) is 11.6 Å². The Morgan fingerprint density at radius 2 is 1.95 bits per heavy atom. The van der Waals surface area contributed by atoms with Gasteiger partial charge in [-0.2, -0.15) is 0 Å². The van der Waals surface area contributed by atoms with E-state index in [4.69, 9.17) is 10.5 Å². The number of nitrogens with two attached hydrogens (primary N) is 1. The molecule has 0 aliphatic rings. The van der Waals surface area contributed by atoms with Crippen molar-refractivity contribution in [3.05, 3.63) is 48.0 Å². The predicted molar refractivity (Wildman–Crippen MR) is 79.3 cm³/mol. The number of amides is 1. The Balaban J connectivity index is 1.89. The molecule has 7 heteroatoms. The molecule has 3 N–H and O–H groups in total. The van der Waals surface area contributed by atoms with Gasteiger partial charge in [0.25, 0.3) is 0 Å². The van der Waals surface area contributed by atoms with Gasteiger partial charge in [-0.3, -0.25) is 0 Å². The average Bonchev–Trinajstić information content (AvgIpc) is 2.52. The van der Waals surface area contributed by atoms with Gasteiger partial charge in [-0.15, -0.1) is 0 Å². The van der Waals surface area contributed by atoms with Crippen molar-refractivity contribution in [2.24, 2.45) is 5.73 Å². The number of hydrogen-bond acceptors (Lipinski definition) is 5. The molecule has 0 spiro atoms. The van der Waals surface area contributed by atoms with Crippen LogP contribution in [0.4, 0.5) is 9.18 Å². The quantitative estimate of drug-likeness (QED) is 0.850. The standard InChI is InChI=1S/C15H17FN4O2/c1-10(9-22-15(17)21)18-6-11-2-4-12(5-3-11)14-19-7-13(16)8-20-14/h2-5,7-8,10,18H,6,9H2,1H3,(H2,17,21). The van der Waals surface area contributed by atoms with Crippen LogP contribution in [-0.2, 0) is 11.3 Å². The number of nitrogens with one attached hydrogen (secondary N) is 1. The van der Waals surface area contributed by atoms with E-state index < -0.39 is 11.9 Å². The summed E-state index contributed by atoms with van der Waals surface area (Å²) in [7, 11) is 0. The second-order valence-corrected chi connectivity index (χ2v) is 4.83. The van der Waals surface area contributed by atoms with Crippen LogP contribution in [0.1, 0.15) is 12.5 Å². The molecule has 2 rings (SSSR count). The number of halogens is 1. The Morgan fingerprint density at radius 1 is 1.32 bits per heavy atom. The SMILES string of the molecule is CC(COC(N)=O)NCc1ccc(-c2ncc(F)cn2)cc1. The molecule has 1 heterocycles. The highest BCUT2D eigenvalue weighted by Crippen LogP contribution is 2.15. The van der Waals surface area contributed by atoms with Gasteiger partial charge in [0.1, 0.15) is 6.61 Å². The van der Waals surface area contributed by atoms with Gasteiger partial charge >= 0.3 is 6.09 Å². The Hall–Kier alpha value is -2.54. The van der Waals surface area contributed by atoms with E-state index in [1.165, 1.54) is 0 Å². The molecule has 0 saturated heterocycles. The number of benzene rings is 1. The summed E-state index contributed by atoms with van der Waals surface area (Å²) in [6, 6.07) is 7.59. The van der Waals surface area contributed by atoms with Gasteiger partial charge in [-0.1, -0.05) is 24.3 Å². The zero-order valence-corrected chi connectivity index (χ0v) is 12.1. The Kier molecular flexibility index (Phi) is 5.37. The van der Waals surface area contributed by atoms with Crippen LogP contribution in [0, 0.1) is 5.82 Å². The lowest BCUT2D eigenvalue weighted by Gasteiger charge is -2.13. The molecule has 1 aromatic carbocycles. The molecule has 1 aromatic heterocycles. The molecular formula is C15H17FN4O2. The number of primary amides is 1. The summed E-state index contributed by atoms with van der Waals surface area (Å²) in [6.45, 7) is 2.73. The number of hydrogen-bond donors (Lipinski definition) is 2. The summed E-state index contributed by atoms with van der Waals surface area (Å²) < 4.78 is 17.5. The zero-order chi connectivity index (χ0) is 15.9. The molecule has 0 radical (unpaired) electrons. The number of nitrogens with zero attached hydrogens (tertiary/aromatic N) is 2. The maximum absolute atomic E-state index is 12.8. The van der Waals surface area contributed by atoms with E-state index in [9.17, 15) is 9.18 Å². The lowest BCUT2D eigenvalue weighted by molar-refractivity contribution is 0.145. The van der Waals surface area contributed by atoms with Crippen molar-refractivity contribution >= 4 is 6.09 Å². The third-order valence-corrected chi connectivity index (χ3v) is 2.96. The van der Waals surface area contributed by atoms with Gasteiger partial charge in [0, 0.05) is 18.2 Å². The molecular weight excluding hydrogens is 287 g/mol. The monoisotopic (exact) mass is 304 g/mol. The van der Waals surface area contributed by atoms with Crippen LogP contribution < -0.4 is 11.1 Å². The summed E-state index contributed by atoms with van der Waals surface area (Å²) in [4.78, 5) is 18.4. The van der Waals surface area contributed by atoms with Crippen molar-refractivity contribution in [1.29, 1.82) is 0 Å². The minimum absolute atomic E-state index is 0.00684. The fourth-order valence-corrected chi connectivity index (χ4v) is 1.79. The molecule has 1 atom stereocenters. The number of carbonyl (C=O) groups excluding carboxylic acids is 1. The topological polar surface area (TPSA) is 90.1 Å². The van der Waals surface area contributed by atoms with Crippen LogP contribution in [0.2, 0.25) is 0 Å². The Bertz CT molecular complexity index is 616. The van der Waals surface area contributed by atoms with E-state index in [1.807, 2.05) is 31.2 Å². The fraction of sp³-hybridized carbons (Fsp3) is 0.267. The third kappa shape index (κ3) is 4.78. The van der Waals surface area contributed by atoms with E-state index in [0.717, 1.165) is 23.5 Å². The van der Waals surface area contributed by atoms with Crippen molar-refractivity contribution in [2.75, 3.05) is 6.61 Å². The second-order valence-electron chi connectivity index (χ2n) is 4.83. The van der Waals surface area contributed by atoms with Gasteiger partial charge < -0.3 is 15.8 Å². The smallest absolute Gasteiger partial charge is 0.404 e. The highest BCUT2D eigenvalue weighted by atomic mass is 19.1. The number of carbonyl (C=O) groups is 1. The van der Waals surface area contributed by atoms with Gasteiger partial charge in [-0.25, -0.2) is 19.2 Å². The van der Waals surface area contributed by atoms with Crippen LogP contribution in [0.3, 0.4) is 0 Å². The molecule has 22 heavy (non-hydrogen) atoms. The van der Waals surface area contributed by atoms with Crippen LogP contribution >= 0.6 is 0 Å². The van der Waals surface area contributed by atoms with Crippen molar-refractivity contribution in [3.8, 4) is 11.4 Å². The molecule has 1 unspecified atom stereocenters. The lowest BCUT2D eigenvalue weighted by atomic mass is 10.1. The highest BCUT2D eigenvalue weighted by molar-refractivity contribution is 5.64. The molecule has 6 nitrogen and oxygen atoms in total. The van der Waals surface area contributed by atoms with Crippen molar-refractivity contribution in [3.63, 3.8) is 0 Å². The largest absolute Gasteiger partial charge is 0.448 e. The molecule has 116 valence electrons. The third-order valence-electron chi connectivity index (χ3n) is 2.96.